The van der Waals surface area contributed by atoms with Gasteiger partial charge < -0.3 is 4.74 Å². The highest BCUT2D eigenvalue weighted by Gasteiger charge is 2.26. The molecule has 2 aromatic rings. The van der Waals surface area contributed by atoms with Crippen molar-refractivity contribution in [1.82, 2.24) is 4.90 Å². The molecule has 100 valence electrons. The van der Waals surface area contributed by atoms with E-state index in [9.17, 15) is 9.59 Å². The summed E-state index contributed by atoms with van der Waals surface area (Å²) in [5.41, 5.74) is 0.948. The molecule has 1 heterocycles. The lowest BCUT2D eigenvalue weighted by molar-refractivity contribution is -0.122. The van der Waals surface area contributed by atoms with Crippen LogP contribution in [0.2, 0.25) is 0 Å². The average Bonchev–Trinajstić information content (AvgIpc) is 2.91. The highest BCUT2D eigenvalue weighted by atomic mass is 16.6. The topological polar surface area (TPSA) is 46.6 Å². The van der Waals surface area contributed by atoms with Gasteiger partial charge in [-0.2, -0.15) is 0 Å². The monoisotopic (exact) mass is 267 g/mol. The Morgan fingerprint density at radius 3 is 2.75 bits per heavy atom. The van der Waals surface area contributed by atoms with Crippen LogP contribution in [-0.4, -0.2) is 30.1 Å². The number of rotatable bonds is 2. The first-order valence-corrected chi connectivity index (χ1v) is 6.40. The van der Waals surface area contributed by atoms with E-state index in [0.29, 0.717) is 6.54 Å². The molecule has 1 aliphatic heterocycles. The third kappa shape index (κ3) is 2.28. The van der Waals surface area contributed by atoms with Crippen LogP contribution in [0.5, 0.6) is 0 Å². The van der Waals surface area contributed by atoms with Crippen molar-refractivity contribution in [2.24, 2.45) is 0 Å². The number of carbonyl (C=O) groups excluding carboxylic acids is 2. The normalized spacial score (nSPS) is 15.0. The Bertz CT molecular complexity index is 700. The van der Waals surface area contributed by atoms with Gasteiger partial charge in [0.25, 0.3) is 5.91 Å². The van der Waals surface area contributed by atoms with Crippen LogP contribution >= 0.6 is 0 Å². The Morgan fingerprint density at radius 2 is 1.95 bits per heavy atom. The summed E-state index contributed by atoms with van der Waals surface area (Å²) in [7, 11) is 0. The Kier molecular flexibility index (Phi) is 3.21. The summed E-state index contributed by atoms with van der Waals surface area (Å²) in [4.78, 5) is 24.3. The minimum atomic E-state index is -0.572. The second-order valence-electron chi connectivity index (χ2n) is 4.51. The molecular formula is C16H13NO3. The van der Waals surface area contributed by atoms with Crippen LogP contribution in [0, 0.1) is 0 Å². The molecule has 4 heteroatoms. The Labute approximate surface area is 116 Å². The van der Waals surface area contributed by atoms with Crippen molar-refractivity contribution >= 4 is 28.8 Å². The molecule has 0 unspecified atom stereocenters. The van der Waals surface area contributed by atoms with E-state index in [-0.39, 0.29) is 12.5 Å². The van der Waals surface area contributed by atoms with Gasteiger partial charge in [0.15, 0.2) is 0 Å². The summed E-state index contributed by atoms with van der Waals surface area (Å²) < 4.78 is 4.74. The Balaban J connectivity index is 1.87. The number of hydrogen-bond acceptors (Lipinski definition) is 3. The molecule has 3 rings (SSSR count). The van der Waals surface area contributed by atoms with E-state index < -0.39 is 6.09 Å². The van der Waals surface area contributed by atoms with Crippen LogP contribution in [0.25, 0.3) is 16.8 Å². The molecule has 0 saturated carbocycles. The molecule has 1 fully saturated rings. The number of cyclic esters (lactones) is 1. The molecule has 2 amide bonds. The maximum Gasteiger partial charge on any atom is 0.416 e. The number of nitrogens with zero attached hydrogens (tertiary/aromatic N) is 1. The smallest absolute Gasteiger partial charge is 0.416 e. The van der Waals surface area contributed by atoms with Gasteiger partial charge in [0.2, 0.25) is 0 Å². The molecule has 1 aliphatic rings. The van der Waals surface area contributed by atoms with Gasteiger partial charge >= 0.3 is 6.09 Å². The number of hydrogen-bond donors (Lipinski definition) is 0. The lowest BCUT2D eigenvalue weighted by Gasteiger charge is -2.07. The van der Waals surface area contributed by atoms with Gasteiger partial charge in [-0.25, -0.2) is 9.69 Å². The summed E-state index contributed by atoms with van der Waals surface area (Å²) >= 11 is 0. The molecule has 0 bridgehead atoms. The average molecular weight is 267 g/mol. The van der Waals surface area contributed by atoms with Gasteiger partial charge in [0, 0.05) is 6.08 Å². The van der Waals surface area contributed by atoms with E-state index in [4.69, 9.17) is 4.74 Å². The zero-order chi connectivity index (χ0) is 13.9. The number of amides is 2. The van der Waals surface area contributed by atoms with Crippen molar-refractivity contribution < 1.29 is 14.3 Å². The number of fused-ring (bicyclic) bond motifs is 1. The first kappa shape index (κ1) is 12.4. The summed E-state index contributed by atoms with van der Waals surface area (Å²) in [6.45, 7) is 0.588. The number of benzene rings is 2. The Hall–Kier alpha value is -2.62. The van der Waals surface area contributed by atoms with Gasteiger partial charge in [-0.05, 0) is 22.4 Å². The maximum atomic E-state index is 11.9. The van der Waals surface area contributed by atoms with Crippen molar-refractivity contribution in [1.29, 1.82) is 0 Å². The van der Waals surface area contributed by atoms with Crippen LogP contribution in [0.3, 0.4) is 0 Å². The highest BCUT2D eigenvalue weighted by Crippen LogP contribution is 2.19. The fraction of sp³-hybridized carbons (Fsp3) is 0.125. The van der Waals surface area contributed by atoms with Crippen LogP contribution in [-0.2, 0) is 9.53 Å². The summed E-state index contributed by atoms with van der Waals surface area (Å²) in [5, 5.41) is 2.19. The predicted octanol–water partition coefficient (Wildman–Crippen LogP) is 2.83. The lowest BCUT2D eigenvalue weighted by Crippen LogP contribution is -2.29. The fourth-order valence-electron chi connectivity index (χ4n) is 2.24. The van der Waals surface area contributed by atoms with Crippen LogP contribution in [0.1, 0.15) is 5.56 Å². The number of imide groups is 1. The van der Waals surface area contributed by atoms with Gasteiger partial charge in [-0.1, -0.05) is 42.5 Å². The third-order valence-corrected chi connectivity index (χ3v) is 3.26. The Morgan fingerprint density at radius 1 is 1.15 bits per heavy atom. The molecule has 0 spiro atoms. The minimum Gasteiger partial charge on any atom is -0.447 e. The molecule has 0 N–H and O–H groups in total. The molecule has 1 saturated heterocycles. The largest absolute Gasteiger partial charge is 0.447 e. The van der Waals surface area contributed by atoms with Crippen molar-refractivity contribution in [3.05, 3.63) is 54.1 Å². The van der Waals surface area contributed by atoms with Crippen molar-refractivity contribution in [2.75, 3.05) is 13.2 Å². The highest BCUT2D eigenvalue weighted by molar-refractivity contribution is 6.03. The van der Waals surface area contributed by atoms with Crippen molar-refractivity contribution in [2.45, 2.75) is 0 Å². The van der Waals surface area contributed by atoms with Crippen molar-refractivity contribution in [3.8, 4) is 0 Å². The van der Waals surface area contributed by atoms with Crippen LogP contribution in [0.4, 0.5) is 4.79 Å². The van der Waals surface area contributed by atoms with Crippen LogP contribution in [0.15, 0.2) is 48.5 Å². The first-order valence-electron chi connectivity index (χ1n) is 6.40. The third-order valence-electron chi connectivity index (χ3n) is 3.26. The molecule has 2 aromatic carbocycles. The maximum absolute atomic E-state index is 11.9. The van der Waals surface area contributed by atoms with E-state index in [2.05, 4.69) is 0 Å². The van der Waals surface area contributed by atoms with Crippen LogP contribution < -0.4 is 0 Å². The SMILES string of the molecule is O=C(/C=C/c1cccc2ccccc12)N1CCOC1=O. The molecule has 0 aliphatic carbocycles. The molecule has 4 nitrogen and oxygen atoms in total. The number of ether oxygens (including phenoxy) is 1. The molecule has 0 atom stereocenters. The number of carbonyl (C=O) groups is 2. The second kappa shape index (κ2) is 5.17. The van der Waals surface area contributed by atoms with E-state index in [1.54, 1.807) is 6.08 Å². The zero-order valence-electron chi connectivity index (χ0n) is 10.8. The quantitative estimate of drug-likeness (QED) is 0.786. The summed E-state index contributed by atoms with van der Waals surface area (Å²) in [5.74, 6) is -0.347. The summed E-state index contributed by atoms with van der Waals surface area (Å²) in [6, 6.07) is 13.9. The van der Waals surface area contributed by atoms with Gasteiger partial charge in [-0.15, -0.1) is 0 Å². The lowest BCUT2D eigenvalue weighted by atomic mass is 10.0. The van der Waals surface area contributed by atoms with Gasteiger partial charge in [-0.3, -0.25) is 4.79 Å². The molecule has 0 radical (unpaired) electrons. The van der Waals surface area contributed by atoms with E-state index in [1.807, 2.05) is 42.5 Å². The standard InChI is InChI=1S/C16H13NO3/c18-15(17-10-11-20-16(17)19)9-8-13-6-3-5-12-4-1-2-7-14(12)13/h1-9H,10-11H2/b9-8+. The van der Waals surface area contributed by atoms with E-state index in [0.717, 1.165) is 21.2 Å². The van der Waals surface area contributed by atoms with Gasteiger partial charge in [0.1, 0.15) is 6.61 Å². The molecule has 20 heavy (non-hydrogen) atoms. The van der Waals surface area contributed by atoms with Crippen molar-refractivity contribution in [3.63, 3.8) is 0 Å². The zero-order valence-corrected chi connectivity index (χ0v) is 10.8. The van der Waals surface area contributed by atoms with Gasteiger partial charge in [0.05, 0.1) is 6.54 Å². The van der Waals surface area contributed by atoms with E-state index >= 15 is 0 Å². The molecular weight excluding hydrogens is 254 g/mol. The fourth-order valence-corrected chi connectivity index (χ4v) is 2.24. The first-order chi connectivity index (χ1) is 9.75. The van der Waals surface area contributed by atoms with E-state index in [1.165, 1.54) is 6.08 Å². The molecule has 0 aromatic heterocycles. The second-order valence-corrected chi connectivity index (χ2v) is 4.51. The minimum absolute atomic E-state index is 0.271. The predicted molar refractivity (Wildman–Crippen MR) is 76.0 cm³/mol. The summed E-state index contributed by atoms with van der Waals surface area (Å²) in [6.07, 6.45) is 2.57.